The normalized spacial score (nSPS) is 11.5. The number of Topliss-reactive ketones (excluding diaryl/α,β-unsaturated/α-hetero) is 1. The molecule has 0 bridgehead atoms. The third kappa shape index (κ3) is 3.34. The molecule has 4 heteroatoms. The SMILES string of the molecule is O=CNC(C=O)CC(=O)c1ccccc1. The largest absolute Gasteiger partial charge is 0.349 e. The van der Waals surface area contributed by atoms with Crippen LogP contribution in [0.1, 0.15) is 16.8 Å². The van der Waals surface area contributed by atoms with Crippen molar-refractivity contribution in [3.8, 4) is 0 Å². The Bertz CT molecular complexity index is 348. The summed E-state index contributed by atoms with van der Waals surface area (Å²) in [7, 11) is 0. The summed E-state index contributed by atoms with van der Waals surface area (Å²) in [4.78, 5) is 32.2. The van der Waals surface area contributed by atoms with E-state index in [-0.39, 0.29) is 12.2 Å². The first kappa shape index (κ1) is 11.1. The maximum absolute atomic E-state index is 11.6. The van der Waals surface area contributed by atoms with Gasteiger partial charge in [0.2, 0.25) is 6.41 Å². The standard InChI is InChI=1S/C11H11NO3/c13-7-10(12-8-14)6-11(15)9-4-2-1-3-5-9/h1-5,7-8,10H,6H2,(H,12,14). The lowest BCUT2D eigenvalue weighted by Gasteiger charge is -2.07. The van der Waals surface area contributed by atoms with E-state index in [1.165, 1.54) is 0 Å². The lowest BCUT2D eigenvalue weighted by Crippen LogP contribution is -2.31. The van der Waals surface area contributed by atoms with Crippen LogP contribution in [-0.4, -0.2) is 24.5 Å². The lowest BCUT2D eigenvalue weighted by atomic mass is 10.0. The number of hydrogen-bond acceptors (Lipinski definition) is 3. The number of amides is 1. The summed E-state index contributed by atoms with van der Waals surface area (Å²) in [6.07, 6.45) is 0.957. The molecule has 4 nitrogen and oxygen atoms in total. The molecule has 1 unspecified atom stereocenters. The summed E-state index contributed by atoms with van der Waals surface area (Å²) in [6, 6.07) is 7.90. The second-order valence-corrected chi connectivity index (χ2v) is 3.02. The van der Waals surface area contributed by atoms with E-state index in [2.05, 4.69) is 5.32 Å². The van der Waals surface area contributed by atoms with E-state index in [4.69, 9.17) is 0 Å². The van der Waals surface area contributed by atoms with E-state index < -0.39 is 6.04 Å². The van der Waals surface area contributed by atoms with Gasteiger partial charge in [-0.3, -0.25) is 9.59 Å². The van der Waals surface area contributed by atoms with Crippen molar-refractivity contribution < 1.29 is 14.4 Å². The minimum absolute atomic E-state index is 0.00769. The van der Waals surface area contributed by atoms with Crippen LogP contribution in [0.2, 0.25) is 0 Å². The van der Waals surface area contributed by atoms with Gasteiger partial charge in [0.15, 0.2) is 5.78 Å². The third-order valence-electron chi connectivity index (χ3n) is 1.95. The van der Waals surface area contributed by atoms with Gasteiger partial charge >= 0.3 is 0 Å². The number of aldehydes is 1. The van der Waals surface area contributed by atoms with Crippen LogP contribution in [0.3, 0.4) is 0 Å². The Labute approximate surface area is 87.3 Å². The van der Waals surface area contributed by atoms with Crippen LogP contribution in [-0.2, 0) is 9.59 Å². The minimum Gasteiger partial charge on any atom is -0.349 e. The zero-order valence-corrected chi connectivity index (χ0v) is 8.05. The average Bonchev–Trinajstić information content (AvgIpc) is 2.29. The van der Waals surface area contributed by atoms with Crippen LogP contribution < -0.4 is 5.32 Å². The Morgan fingerprint density at radius 2 is 1.93 bits per heavy atom. The Kier molecular flexibility index (Phi) is 4.22. The molecule has 1 N–H and O–H groups in total. The topological polar surface area (TPSA) is 63.2 Å². The molecule has 15 heavy (non-hydrogen) atoms. The van der Waals surface area contributed by atoms with Crippen molar-refractivity contribution in [2.45, 2.75) is 12.5 Å². The number of nitrogens with one attached hydrogen (secondary N) is 1. The molecular formula is C11H11NO3. The molecule has 0 aliphatic rings. The summed E-state index contributed by atoms with van der Waals surface area (Å²) < 4.78 is 0. The van der Waals surface area contributed by atoms with Crippen LogP contribution in [0.4, 0.5) is 0 Å². The predicted molar refractivity (Wildman–Crippen MR) is 54.4 cm³/mol. The second-order valence-electron chi connectivity index (χ2n) is 3.02. The molecule has 78 valence electrons. The quantitative estimate of drug-likeness (QED) is 0.545. The summed E-state index contributed by atoms with van der Waals surface area (Å²) in [5.74, 6) is -0.165. The first-order chi connectivity index (χ1) is 7.27. The predicted octanol–water partition coefficient (Wildman–Crippen LogP) is 0.573. The molecule has 0 radical (unpaired) electrons. The van der Waals surface area contributed by atoms with Crippen molar-refractivity contribution in [1.82, 2.24) is 5.32 Å². The smallest absolute Gasteiger partial charge is 0.207 e. The Balaban J connectivity index is 2.62. The Morgan fingerprint density at radius 3 is 2.47 bits per heavy atom. The van der Waals surface area contributed by atoms with E-state index in [0.717, 1.165) is 0 Å². The molecule has 0 heterocycles. The van der Waals surface area contributed by atoms with Gasteiger partial charge in [-0.15, -0.1) is 0 Å². The number of carbonyl (C=O) groups is 3. The summed E-state index contributed by atoms with van der Waals surface area (Å²) in [5.41, 5.74) is 0.539. The van der Waals surface area contributed by atoms with Crippen molar-refractivity contribution in [3.05, 3.63) is 35.9 Å². The molecule has 0 aromatic heterocycles. The van der Waals surface area contributed by atoms with E-state index in [0.29, 0.717) is 18.3 Å². The second kappa shape index (κ2) is 5.70. The monoisotopic (exact) mass is 205 g/mol. The lowest BCUT2D eigenvalue weighted by molar-refractivity contribution is -0.115. The first-order valence-corrected chi connectivity index (χ1v) is 4.51. The van der Waals surface area contributed by atoms with Crippen LogP contribution in [0, 0.1) is 0 Å². The maximum atomic E-state index is 11.6. The first-order valence-electron chi connectivity index (χ1n) is 4.51. The van der Waals surface area contributed by atoms with E-state index in [1.807, 2.05) is 0 Å². The highest BCUT2D eigenvalue weighted by atomic mass is 16.1. The number of hydrogen-bond donors (Lipinski definition) is 1. The molecule has 1 rings (SSSR count). The Morgan fingerprint density at radius 1 is 1.27 bits per heavy atom. The van der Waals surface area contributed by atoms with Gasteiger partial charge in [0.1, 0.15) is 6.29 Å². The molecular weight excluding hydrogens is 194 g/mol. The zero-order chi connectivity index (χ0) is 11.1. The van der Waals surface area contributed by atoms with Gasteiger partial charge in [0.05, 0.1) is 6.04 Å². The van der Waals surface area contributed by atoms with Gasteiger partial charge in [-0.1, -0.05) is 30.3 Å². The van der Waals surface area contributed by atoms with Crippen molar-refractivity contribution in [3.63, 3.8) is 0 Å². The van der Waals surface area contributed by atoms with Crippen LogP contribution in [0.5, 0.6) is 0 Å². The molecule has 0 saturated heterocycles. The molecule has 1 atom stereocenters. The van der Waals surface area contributed by atoms with E-state index in [1.54, 1.807) is 30.3 Å². The zero-order valence-electron chi connectivity index (χ0n) is 8.05. The highest BCUT2D eigenvalue weighted by Gasteiger charge is 2.12. The van der Waals surface area contributed by atoms with Crippen molar-refractivity contribution in [2.75, 3.05) is 0 Å². The number of rotatable bonds is 6. The fraction of sp³-hybridized carbons (Fsp3) is 0.182. The van der Waals surface area contributed by atoms with Gasteiger partial charge < -0.3 is 10.1 Å². The van der Waals surface area contributed by atoms with Gasteiger partial charge in [0, 0.05) is 12.0 Å². The van der Waals surface area contributed by atoms with Crippen molar-refractivity contribution in [2.24, 2.45) is 0 Å². The van der Waals surface area contributed by atoms with Crippen molar-refractivity contribution in [1.29, 1.82) is 0 Å². The highest BCUT2D eigenvalue weighted by molar-refractivity contribution is 5.97. The fourth-order valence-corrected chi connectivity index (χ4v) is 1.18. The van der Waals surface area contributed by atoms with Gasteiger partial charge in [-0.25, -0.2) is 0 Å². The van der Waals surface area contributed by atoms with Crippen molar-refractivity contribution >= 4 is 18.5 Å². The molecule has 1 aromatic rings. The summed E-state index contributed by atoms with van der Waals surface area (Å²) >= 11 is 0. The summed E-state index contributed by atoms with van der Waals surface area (Å²) in [6.45, 7) is 0. The van der Waals surface area contributed by atoms with Crippen LogP contribution >= 0.6 is 0 Å². The molecule has 1 aromatic carbocycles. The molecule has 0 spiro atoms. The molecule has 0 aliphatic heterocycles. The minimum atomic E-state index is -0.741. The summed E-state index contributed by atoms with van der Waals surface area (Å²) in [5, 5.41) is 2.26. The number of ketones is 1. The van der Waals surface area contributed by atoms with Gasteiger partial charge in [0.25, 0.3) is 0 Å². The highest BCUT2D eigenvalue weighted by Crippen LogP contribution is 2.04. The van der Waals surface area contributed by atoms with Gasteiger partial charge in [-0.2, -0.15) is 0 Å². The van der Waals surface area contributed by atoms with Crippen LogP contribution in [0.25, 0.3) is 0 Å². The average molecular weight is 205 g/mol. The molecule has 0 saturated carbocycles. The Hall–Kier alpha value is -1.97. The molecule has 0 aliphatic carbocycles. The fourth-order valence-electron chi connectivity index (χ4n) is 1.18. The molecule has 1 amide bonds. The van der Waals surface area contributed by atoms with Crippen LogP contribution in [0.15, 0.2) is 30.3 Å². The van der Waals surface area contributed by atoms with E-state index >= 15 is 0 Å². The maximum Gasteiger partial charge on any atom is 0.207 e. The number of benzene rings is 1. The van der Waals surface area contributed by atoms with Gasteiger partial charge in [-0.05, 0) is 0 Å². The third-order valence-corrected chi connectivity index (χ3v) is 1.95. The van der Waals surface area contributed by atoms with E-state index in [9.17, 15) is 14.4 Å². The number of carbonyl (C=O) groups excluding carboxylic acids is 3. The molecule has 0 fully saturated rings.